The number of hydrogen-bond donors (Lipinski definition) is 1. The first kappa shape index (κ1) is 15.5. The van der Waals surface area contributed by atoms with Gasteiger partial charge >= 0.3 is 0 Å². The van der Waals surface area contributed by atoms with E-state index in [1.807, 2.05) is 42.2 Å². The maximum atomic E-state index is 13.1. The van der Waals surface area contributed by atoms with Crippen LogP contribution >= 0.6 is 0 Å². The molecule has 4 nitrogen and oxygen atoms in total. The Morgan fingerprint density at radius 3 is 2.48 bits per heavy atom. The minimum absolute atomic E-state index is 0.0271. The summed E-state index contributed by atoms with van der Waals surface area (Å²) in [5.74, 6) is 0.263. The van der Waals surface area contributed by atoms with Crippen LogP contribution in [0.1, 0.15) is 39.7 Å². The van der Waals surface area contributed by atoms with Gasteiger partial charge < -0.3 is 10.2 Å². The van der Waals surface area contributed by atoms with Gasteiger partial charge in [-0.05, 0) is 25.3 Å². The quantitative estimate of drug-likeness (QED) is 0.927. The van der Waals surface area contributed by atoms with Gasteiger partial charge in [0.2, 0.25) is 5.91 Å². The molecule has 2 unspecified atom stereocenters. The van der Waals surface area contributed by atoms with E-state index in [4.69, 9.17) is 0 Å². The van der Waals surface area contributed by atoms with Crippen molar-refractivity contribution >= 4 is 11.8 Å². The van der Waals surface area contributed by atoms with Crippen LogP contribution in [0.15, 0.2) is 30.3 Å². The molecule has 2 atom stereocenters. The summed E-state index contributed by atoms with van der Waals surface area (Å²) in [5.41, 5.74) is -0.163. The third kappa shape index (κ3) is 3.09. The van der Waals surface area contributed by atoms with Crippen molar-refractivity contribution in [2.75, 3.05) is 6.54 Å². The molecule has 0 aliphatic carbocycles. The molecular weight excluding hydrogens is 264 g/mol. The maximum Gasteiger partial charge on any atom is 0.252 e. The van der Waals surface area contributed by atoms with E-state index < -0.39 is 5.54 Å². The van der Waals surface area contributed by atoms with Crippen molar-refractivity contribution in [1.82, 2.24) is 10.2 Å². The molecule has 1 fully saturated rings. The molecule has 114 valence electrons. The number of nitrogens with one attached hydrogen (secondary N) is 1. The zero-order valence-corrected chi connectivity index (χ0v) is 13.2. The minimum Gasteiger partial charge on any atom is -0.338 e. The van der Waals surface area contributed by atoms with Gasteiger partial charge in [-0.1, -0.05) is 44.2 Å². The first-order chi connectivity index (χ1) is 9.84. The Balaban J connectivity index is 2.44. The van der Waals surface area contributed by atoms with E-state index in [1.165, 1.54) is 0 Å². The van der Waals surface area contributed by atoms with Crippen LogP contribution in [0.25, 0.3) is 0 Å². The number of amides is 2. The maximum absolute atomic E-state index is 13.1. The number of nitrogens with zero attached hydrogens (tertiary/aromatic N) is 1. The SMILES string of the molecule is CC(C)CN1C(=O)C(C)(c2ccccc2)NC(=O)CC1C. The average Bonchev–Trinajstić information content (AvgIpc) is 2.50. The number of rotatable bonds is 3. The summed E-state index contributed by atoms with van der Waals surface area (Å²) in [6.07, 6.45) is 0.348. The molecule has 1 aromatic carbocycles. The number of hydrogen-bond acceptors (Lipinski definition) is 2. The third-order valence-electron chi connectivity index (χ3n) is 4.00. The van der Waals surface area contributed by atoms with Gasteiger partial charge in [0.05, 0.1) is 0 Å². The molecular formula is C17H24N2O2. The Labute approximate surface area is 126 Å². The highest BCUT2D eigenvalue weighted by atomic mass is 16.2. The molecule has 1 aliphatic heterocycles. The molecule has 2 amide bonds. The molecule has 1 heterocycles. The fourth-order valence-corrected chi connectivity index (χ4v) is 2.87. The zero-order chi connectivity index (χ0) is 15.6. The average molecular weight is 288 g/mol. The molecule has 0 saturated carbocycles. The zero-order valence-electron chi connectivity index (χ0n) is 13.2. The van der Waals surface area contributed by atoms with Gasteiger partial charge in [0, 0.05) is 19.0 Å². The van der Waals surface area contributed by atoms with Crippen molar-refractivity contribution < 1.29 is 9.59 Å². The van der Waals surface area contributed by atoms with E-state index >= 15 is 0 Å². The number of carbonyl (C=O) groups is 2. The van der Waals surface area contributed by atoms with E-state index in [2.05, 4.69) is 19.2 Å². The number of carbonyl (C=O) groups excluding carboxylic acids is 2. The van der Waals surface area contributed by atoms with Gasteiger partial charge in [-0.25, -0.2) is 0 Å². The second-order valence-electron chi connectivity index (χ2n) is 6.44. The molecule has 0 radical (unpaired) electrons. The Morgan fingerprint density at radius 1 is 1.29 bits per heavy atom. The monoisotopic (exact) mass is 288 g/mol. The van der Waals surface area contributed by atoms with Crippen molar-refractivity contribution in [2.24, 2.45) is 5.92 Å². The molecule has 0 spiro atoms. The van der Waals surface area contributed by atoms with Crippen LogP contribution in [0.3, 0.4) is 0 Å². The van der Waals surface area contributed by atoms with Crippen LogP contribution in [-0.2, 0) is 15.1 Å². The van der Waals surface area contributed by atoms with Gasteiger partial charge in [0.1, 0.15) is 5.54 Å². The highest BCUT2D eigenvalue weighted by Crippen LogP contribution is 2.28. The van der Waals surface area contributed by atoms with Crippen molar-refractivity contribution in [1.29, 1.82) is 0 Å². The van der Waals surface area contributed by atoms with Crippen LogP contribution < -0.4 is 5.32 Å². The van der Waals surface area contributed by atoms with E-state index in [0.717, 1.165) is 5.56 Å². The Kier molecular flexibility index (Phi) is 4.35. The second kappa shape index (κ2) is 5.88. The summed E-state index contributed by atoms with van der Waals surface area (Å²) in [6.45, 7) is 8.57. The Morgan fingerprint density at radius 2 is 1.90 bits per heavy atom. The fraction of sp³-hybridized carbons (Fsp3) is 0.529. The van der Waals surface area contributed by atoms with Crippen molar-refractivity contribution in [3.05, 3.63) is 35.9 Å². The lowest BCUT2D eigenvalue weighted by Crippen LogP contribution is -2.54. The summed E-state index contributed by atoms with van der Waals surface area (Å²) < 4.78 is 0. The van der Waals surface area contributed by atoms with Gasteiger partial charge in [0.25, 0.3) is 5.91 Å². The minimum atomic E-state index is -0.988. The normalized spacial score (nSPS) is 26.7. The highest BCUT2D eigenvalue weighted by molar-refractivity contribution is 5.94. The molecule has 0 bridgehead atoms. The Hall–Kier alpha value is -1.84. The van der Waals surface area contributed by atoms with E-state index in [-0.39, 0.29) is 17.9 Å². The largest absolute Gasteiger partial charge is 0.338 e. The predicted octanol–water partition coefficient (Wildman–Crippen LogP) is 2.29. The van der Waals surface area contributed by atoms with Crippen LogP contribution in [0.2, 0.25) is 0 Å². The van der Waals surface area contributed by atoms with Gasteiger partial charge in [-0.15, -0.1) is 0 Å². The van der Waals surface area contributed by atoms with E-state index in [1.54, 1.807) is 6.92 Å². The first-order valence-corrected chi connectivity index (χ1v) is 7.52. The predicted molar refractivity (Wildman–Crippen MR) is 82.6 cm³/mol. The van der Waals surface area contributed by atoms with Crippen LogP contribution in [0.5, 0.6) is 0 Å². The lowest BCUT2D eigenvalue weighted by atomic mass is 9.90. The second-order valence-corrected chi connectivity index (χ2v) is 6.44. The molecule has 2 rings (SSSR count). The van der Waals surface area contributed by atoms with Gasteiger partial charge in [0.15, 0.2) is 0 Å². The number of benzene rings is 1. The third-order valence-corrected chi connectivity index (χ3v) is 4.00. The van der Waals surface area contributed by atoms with Crippen molar-refractivity contribution in [3.63, 3.8) is 0 Å². The van der Waals surface area contributed by atoms with Crippen LogP contribution in [0, 0.1) is 5.92 Å². The topological polar surface area (TPSA) is 49.4 Å². The molecule has 1 N–H and O–H groups in total. The standard InChI is InChI=1S/C17H24N2O2/c1-12(2)11-19-13(3)10-15(20)18-17(4,16(19)21)14-8-6-5-7-9-14/h5-9,12-13H,10-11H2,1-4H3,(H,18,20). The van der Waals surface area contributed by atoms with E-state index in [9.17, 15) is 9.59 Å². The smallest absolute Gasteiger partial charge is 0.252 e. The fourth-order valence-electron chi connectivity index (χ4n) is 2.87. The summed E-state index contributed by atoms with van der Waals surface area (Å²) in [5, 5.41) is 2.92. The highest BCUT2D eigenvalue weighted by Gasteiger charge is 2.44. The molecule has 1 saturated heterocycles. The molecule has 4 heteroatoms. The van der Waals surface area contributed by atoms with Crippen molar-refractivity contribution in [2.45, 2.75) is 45.7 Å². The molecule has 1 aromatic rings. The molecule has 21 heavy (non-hydrogen) atoms. The van der Waals surface area contributed by atoms with Gasteiger partial charge in [-0.3, -0.25) is 9.59 Å². The lowest BCUT2D eigenvalue weighted by Gasteiger charge is -2.35. The lowest BCUT2D eigenvalue weighted by molar-refractivity contribution is -0.140. The van der Waals surface area contributed by atoms with Crippen LogP contribution in [-0.4, -0.2) is 29.3 Å². The Bertz CT molecular complexity index is 527. The summed E-state index contributed by atoms with van der Waals surface area (Å²) >= 11 is 0. The van der Waals surface area contributed by atoms with E-state index in [0.29, 0.717) is 18.9 Å². The summed E-state index contributed by atoms with van der Waals surface area (Å²) in [4.78, 5) is 27.1. The van der Waals surface area contributed by atoms with Crippen molar-refractivity contribution in [3.8, 4) is 0 Å². The molecule has 0 aromatic heterocycles. The van der Waals surface area contributed by atoms with Crippen LogP contribution in [0.4, 0.5) is 0 Å². The molecule has 1 aliphatic rings. The summed E-state index contributed by atoms with van der Waals surface area (Å²) in [7, 11) is 0. The first-order valence-electron chi connectivity index (χ1n) is 7.52. The summed E-state index contributed by atoms with van der Waals surface area (Å²) in [6, 6.07) is 9.39. The van der Waals surface area contributed by atoms with Gasteiger partial charge in [-0.2, -0.15) is 0 Å².